The third kappa shape index (κ3) is 3.91. The summed E-state index contributed by atoms with van der Waals surface area (Å²) in [7, 11) is 0. The van der Waals surface area contributed by atoms with Crippen molar-refractivity contribution in [3.8, 4) is 0 Å². The Balaban J connectivity index is 2.77. The van der Waals surface area contributed by atoms with Crippen LogP contribution in [0.15, 0.2) is 20.5 Å². The predicted molar refractivity (Wildman–Crippen MR) is 99.7 cm³/mol. The van der Waals surface area contributed by atoms with Crippen molar-refractivity contribution < 1.29 is 29.5 Å². The fourth-order valence-electron chi connectivity index (χ4n) is 2.24. The third-order valence-corrected chi connectivity index (χ3v) is 3.69. The van der Waals surface area contributed by atoms with Gasteiger partial charge in [0.15, 0.2) is 0 Å². The van der Waals surface area contributed by atoms with Crippen LogP contribution in [0.25, 0.3) is 20.9 Å². The largest absolute Gasteiger partial charge is 0.822 e. The molecule has 0 saturated heterocycles. The maximum Gasteiger partial charge on any atom is 0.822 e. The van der Waals surface area contributed by atoms with Gasteiger partial charge < -0.3 is 0 Å². The molecule has 0 atom stereocenters. The molecule has 0 radical (unpaired) electrons. The van der Waals surface area contributed by atoms with E-state index in [2.05, 4.69) is 50.4 Å². The van der Waals surface area contributed by atoms with E-state index in [-0.39, 0.29) is 0 Å². The van der Waals surface area contributed by atoms with Gasteiger partial charge in [-0.25, -0.2) is 0 Å². The van der Waals surface area contributed by atoms with Gasteiger partial charge in [0.05, 0.1) is 0 Å². The van der Waals surface area contributed by atoms with E-state index in [0.717, 1.165) is 0 Å². The van der Waals surface area contributed by atoms with Gasteiger partial charge in [0.25, 0.3) is 11.9 Å². The average Bonchev–Trinajstić information content (AvgIpc) is 3.37. The van der Waals surface area contributed by atoms with Crippen molar-refractivity contribution in [3.63, 3.8) is 0 Å². The molecule has 2 aromatic heterocycles. The monoisotopic (exact) mass is 544 g/mol. The van der Waals surface area contributed by atoms with Crippen LogP contribution in [-0.2, 0) is 11.8 Å². The van der Waals surface area contributed by atoms with Gasteiger partial charge in [-0.15, -0.1) is 20.4 Å². The third-order valence-electron chi connectivity index (χ3n) is 3.69. The highest BCUT2D eigenvalue weighted by atomic mass is 16.8. The molecule has 0 spiro atoms. The van der Waals surface area contributed by atoms with Crippen LogP contribution in [0, 0.1) is 60.7 Å². The molecule has 2 aromatic rings. The summed E-state index contributed by atoms with van der Waals surface area (Å²) >= 11 is 0. The van der Waals surface area contributed by atoms with Crippen LogP contribution in [0.5, 0.6) is 0 Å². The predicted octanol–water partition coefficient (Wildman–Crippen LogP) is -0.0356. The summed E-state index contributed by atoms with van der Waals surface area (Å²) in [5.74, 6) is -14.6. The molecule has 0 saturated carbocycles. The first-order valence-corrected chi connectivity index (χ1v) is 8.06. The van der Waals surface area contributed by atoms with E-state index in [1.807, 2.05) is 0 Å². The van der Waals surface area contributed by atoms with Gasteiger partial charge in [-0.2, -0.15) is 9.97 Å². The standard InChI is InChI=1S/C6N20O12/c7-17-13-3-9-1(15-19(3)5(21(27)28,22(29)30)23(31)32)11-12-2-10-4(14-18-8)20(16-2)6(24(33)34,25(35)36)26(37)38. The normalized spacial score (nSPS) is 11.3. The summed E-state index contributed by atoms with van der Waals surface area (Å²) in [4.78, 5) is 65.5. The van der Waals surface area contributed by atoms with E-state index >= 15 is 0 Å². The van der Waals surface area contributed by atoms with Crippen molar-refractivity contribution in [2.45, 2.75) is 11.8 Å². The van der Waals surface area contributed by atoms with Crippen LogP contribution in [-0.4, -0.2) is 59.1 Å². The Kier molecular flexibility index (Phi) is 6.89. The molecule has 0 unspecified atom stereocenters. The van der Waals surface area contributed by atoms with Crippen molar-refractivity contribution in [2.24, 2.45) is 20.5 Å². The maximum absolute atomic E-state index is 11.2. The Morgan fingerprint density at radius 1 is 0.605 bits per heavy atom. The molecule has 2 heterocycles. The van der Waals surface area contributed by atoms with Gasteiger partial charge in [0.2, 0.25) is 41.4 Å². The summed E-state index contributed by atoms with van der Waals surface area (Å²) in [6.45, 7) is 0. The van der Waals surface area contributed by atoms with E-state index in [4.69, 9.17) is 11.1 Å². The molecule has 0 aromatic carbocycles. The van der Waals surface area contributed by atoms with Gasteiger partial charge in [-0.3, -0.25) is 60.7 Å². The first kappa shape index (κ1) is 27.1. The zero-order chi connectivity index (χ0) is 29.0. The minimum Gasteiger partial charge on any atom is -0.251 e. The molecule has 0 aliphatic heterocycles. The molecule has 0 amide bonds. The van der Waals surface area contributed by atoms with Crippen LogP contribution < -0.4 is 0 Å². The zero-order valence-electron chi connectivity index (χ0n) is 16.8. The molecule has 196 valence electrons. The minimum absolute atomic E-state index is 0.685. The van der Waals surface area contributed by atoms with Crippen LogP contribution in [0.2, 0.25) is 0 Å². The smallest absolute Gasteiger partial charge is 0.251 e. The molecule has 0 bridgehead atoms. The van der Waals surface area contributed by atoms with Gasteiger partial charge >= 0.3 is 11.8 Å². The molecular formula is C6N20O12. The van der Waals surface area contributed by atoms with E-state index in [1.54, 1.807) is 0 Å². The van der Waals surface area contributed by atoms with Crippen molar-refractivity contribution >= 4 is 23.8 Å². The number of azide groups is 2. The lowest BCUT2D eigenvalue weighted by atomic mass is 10.6. The second-order valence-corrected chi connectivity index (χ2v) is 5.57. The van der Waals surface area contributed by atoms with Crippen molar-refractivity contribution in [3.05, 3.63) is 81.6 Å². The molecule has 0 aliphatic carbocycles. The maximum atomic E-state index is 11.2. The lowest BCUT2D eigenvalue weighted by Gasteiger charge is -2.07. The van der Waals surface area contributed by atoms with Gasteiger partial charge in [0, 0.05) is 9.82 Å². The molecule has 2 rings (SSSR count). The fourth-order valence-corrected chi connectivity index (χ4v) is 2.24. The number of rotatable bonds is 12. The van der Waals surface area contributed by atoms with Gasteiger partial charge in [0.1, 0.15) is 0 Å². The molecule has 0 N–H and O–H groups in total. The summed E-state index contributed by atoms with van der Waals surface area (Å²) in [6.07, 6.45) is 0. The topological polar surface area (TPSA) is 442 Å². The molecule has 32 nitrogen and oxygen atoms in total. The number of aromatic nitrogens is 6. The molecule has 0 fully saturated rings. The Morgan fingerprint density at radius 3 is 1.08 bits per heavy atom. The van der Waals surface area contributed by atoms with Gasteiger partial charge in [-0.1, -0.05) is 0 Å². The lowest BCUT2D eigenvalue weighted by Crippen LogP contribution is -2.55. The fraction of sp³-hybridized carbons (Fsp3) is 0.333. The summed E-state index contributed by atoms with van der Waals surface area (Å²) in [5.41, 5.74) is 17.0. The zero-order valence-corrected chi connectivity index (χ0v) is 16.8. The summed E-state index contributed by atoms with van der Waals surface area (Å²) < 4.78 is -1.37. The second-order valence-electron chi connectivity index (χ2n) is 5.57. The number of hydrogen-bond donors (Lipinski definition) is 0. The molecular weight excluding hydrogens is 544 g/mol. The lowest BCUT2D eigenvalue weighted by molar-refractivity contribution is -1.01. The Labute approximate surface area is 198 Å². The van der Waals surface area contributed by atoms with E-state index in [1.165, 1.54) is 0 Å². The first-order valence-electron chi connectivity index (χ1n) is 8.06. The van der Waals surface area contributed by atoms with Crippen molar-refractivity contribution in [1.29, 1.82) is 0 Å². The van der Waals surface area contributed by atoms with Crippen molar-refractivity contribution in [2.75, 3.05) is 0 Å². The number of azo groups is 1. The Morgan fingerprint density at radius 2 is 0.868 bits per heavy atom. The van der Waals surface area contributed by atoms with Crippen LogP contribution in [0.4, 0.5) is 23.8 Å². The first-order chi connectivity index (χ1) is 17.7. The quantitative estimate of drug-likeness (QED) is 0.0844. The highest BCUT2D eigenvalue weighted by molar-refractivity contribution is 5.28. The number of hydrogen-bond acceptors (Lipinski definition) is 20. The van der Waals surface area contributed by atoms with E-state index in [0.29, 0.717) is 0 Å². The number of nitrogens with zero attached hydrogens (tertiary/aromatic N) is 20. The van der Waals surface area contributed by atoms with Crippen LogP contribution in [0.3, 0.4) is 0 Å². The second kappa shape index (κ2) is 9.64. The average molecular weight is 544 g/mol. The number of nitro groups is 6. The molecule has 32 heteroatoms. The SMILES string of the molecule is [N-]=[N+]=Nc1nc(N=Nc2nc(N=[N+]=[N-])n(C([N+](=O)[O-])([N+](=O)[O-])[N+](=O)[O-])n2)nn1C([N+](=O)[O-])([N+](=O)[O-])[N+](=O)[O-]. The Bertz CT molecular complexity index is 1330. The van der Waals surface area contributed by atoms with Crippen LogP contribution in [0.1, 0.15) is 0 Å². The van der Waals surface area contributed by atoms with Crippen LogP contribution >= 0.6 is 0 Å². The van der Waals surface area contributed by atoms with Gasteiger partial charge in [-0.05, 0) is 30.7 Å². The Hall–Kier alpha value is -7.10. The highest BCUT2D eigenvalue weighted by Gasteiger charge is 2.77. The molecule has 38 heavy (non-hydrogen) atoms. The van der Waals surface area contributed by atoms with E-state index < -0.39 is 74.5 Å². The summed E-state index contributed by atoms with van der Waals surface area (Å²) in [6, 6.07) is 0. The van der Waals surface area contributed by atoms with E-state index in [9.17, 15) is 60.7 Å². The molecule has 0 aliphatic rings. The summed E-state index contributed by atoms with van der Waals surface area (Å²) in [5, 5.41) is 84.7. The van der Waals surface area contributed by atoms with Crippen molar-refractivity contribution in [1.82, 2.24) is 29.5 Å². The minimum atomic E-state index is -4.54. The highest BCUT2D eigenvalue weighted by Crippen LogP contribution is 2.29.